The van der Waals surface area contributed by atoms with Crippen molar-refractivity contribution in [3.63, 3.8) is 0 Å². The molecule has 5 nitrogen and oxygen atoms in total. The largest absolute Gasteiger partial charge is 0.416 e. The Morgan fingerprint density at radius 2 is 1.76 bits per heavy atom. The predicted molar refractivity (Wildman–Crippen MR) is 122 cm³/mol. The summed E-state index contributed by atoms with van der Waals surface area (Å²) in [6.07, 6.45) is -4.48. The summed E-state index contributed by atoms with van der Waals surface area (Å²) in [6, 6.07) is 10.3. The van der Waals surface area contributed by atoms with Gasteiger partial charge in [-0.2, -0.15) is 13.2 Å². The van der Waals surface area contributed by atoms with Gasteiger partial charge in [-0.3, -0.25) is 9.69 Å². The minimum absolute atomic E-state index is 0.115. The summed E-state index contributed by atoms with van der Waals surface area (Å²) < 4.78 is 44.9. The van der Waals surface area contributed by atoms with Crippen LogP contribution < -0.4 is 4.90 Å². The molecule has 1 amide bonds. The summed E-state index contributed by atoms with van der Waals surface area (Å²) in [4.78, 5) is 18.8. The number of ether oxygens (including phenoxy) is 1. The van der Waals surface area contributed by atoms with E-state index in [0.29, 0.717) is 73.7 Å². The zero-order chi connectivity index (χ0) is 23.6. The van der Waals surface area contributed by atoms with Crippen LogP contribution in [0.3, 0.4) is 0 Å². The molecule has 10 heteroatoms. The Bertz CT molecular complexity index is 997. The molecule has 4 rings (SSSR count). The van der Waals surface area contributed by atoms with Crippen LogP contribution in [0.15, 0.2) is 42.5 Å². The Balaban J connectivity index is 1.30. The number of halogens is 5. The standard InChI is InChI=1S/C23H24Cl2F3N3O2/c24-20-5-4-16(12-21(20)25)22(32)31-10-11-33-19(15-31)14-29-6-8-30(9-7-29)18-3-1-2-17(13-18)23(26,27)28/h1-5,12-13,19H,6-11,14-15H2. The molecule has 2 aromatic rings. The van der Waals surface area contributed by atoms with E-state index in [1.54, 1.807) is 29.2 Å². The third-order valence-corrected chi connectivity index (χ3v) is 6.70. The average molecular weight is 502 g/mol. The van der Waals surface area contributed by atoms with Gasteiger partial charge in [-0.05, 0) is 36.4 Å². The lowest BCUT2D eigenvalue weighted by atomic mass is 10.1. The number of carbonyl (C=O) groups is 1. The number of alkyl halides is 3. The maximum atomic E-state index is 13.0. The van der Waals surface area contributed by atoms with Crippen molar-refractivity contribution in [3.05, 3.63) is 63.6 Å². The normalized spacial score (nSPS) is 20.2. The first-order valence-electron chi connectivity index (χ1n) is 10.7. The maximum absolute atomic E-state index is 13.0. The molecule has 1 unspecified atom stereocenters. The van der Waals surface area contributed by atoms with Crippen molar-refractivity contribution in [1.82, 2.24) is 9.80 Å². The molecule has 0 aliphatic carbocycles. The van der Waals surface area contributed by atoms with Crippen molar-refractivity contribution < 1.29 is 22.7 Å². The summed E-state index contributed by atoms with van der Waals surface area (Å²) in [5, 5.41) is 0.739. The number of rotatable bonds is 4. The number of piperazine rings is 1. The zero-order valence-electron chi connectivity index (χ0n) is 17.8. The fourth-order valence-corrected chi connectivity index (χ4v) is 4.48. The van der Waals surface area contributed by atoms with Crippen molar-refractivity contribution in [2.24, 2.45) is 0 Å². The highest BCUT2D eigenvalue weighted by Gasteiger charge is 2.32. The lowest BCUT2D eigenvalue weighted by Crippen LogP contribution is -2.53. The van der Waals surface area contributed by atoms with Crippen LogP contribution in [0.5, 0.6) is 0 Å². The molecule has 178 valence electrons. The number of amides is 1. The van der Waals surface area contributed by atoms with E-state index in [9.17, 15) is 18.0 Å². The molecule has 0 N–H and O–H groups in total. The molecule has 2 heterocycles. The summed E-state index contributed by atoms with van der Waals surface area (Å²) in [6.45, 7) is 4.73. The van der Waals surface area contributed by atoms with E-state index in [0.717, 1.165) is 6.07 Å². The lowest BCUT2D eigenvalue weighted by molar-refractivity contribution is -0.137. The number of nitrogens with zero attached hydrogens (tertiary/aromatic N) is 3. The molecule has 2 aliphatic rings. The Hall–Kier alpha value is -2.00. The van der Waals surface area contributed by atoms with E-state index in [-0.39, 0.29) is 12.0 Å². The molecule has 2 aliphatic heterocycles. The second-order valence-electron chi connectivity index (χ2n) is 8.21. The fourth-order valence-electron chi connectivity index (χ4n) is 4.18. The van der Waals surface area contributed by atoms with Crippen LogP contribution in [-0.2, 0) is 10.9 Å². The van der Waals surface area contributed by atoms with Gasteiger partial charge < -0.3 is 14.5 Å². The number of morpholine rings is 1. The van der Waals surface area contributed by atoms with E-state index < -0.39 is 11.7 Å². The molecule has 0 radical (unpaired) electrons. The van der Waals surface area contributed by atoms with Gasteiger partial charge in [-0.25, -0.2) is 0 Å². The molecule has 2 saturated heterocycles. The van der Waals surface area contributed by atoms with Crippen molar-refractivity contribution in [1.29, 1.82) is 0 Å². The Kier molecular flexibility index (Phi) is 7.38. The first-order chi connectivity index (χ1) is 15.7. The predicted octanol–water partition coefficient (Wildman–Crippen LogP) is 4.68. The maximum Gasteiger partial charge on any atom is 0.416 e. The van der Waals surface area contributed by atoms with Crippen LogP contribution in [-0.4, -0.2) is 74.2 Å². The van der Waals surface area contributed by atoms with Crippen LogP contribution in [0, 0.1) is 0 Å². The number of hydrogen-bond acceptors (Lipinski definition) is 4. The SMILES string of the molecule is O=C(c1ccc(Cl)c(Cl)c1)N1CCOC(CN2CCN(c3cccc(C(F)(F)F)c3)CC2)C1. The van der Waals surface area contributed by atoms with Crippen LogP contribution >= 0.6 is 23.2 Å². The van der Waals surface area contributed by atoms with E-state index in [1.165, 1.54) is 12.1 Å². The lowest BCUT2D eigenvalue weighted by Gasteiger charge is -2.40. The summed E-state index contributed by atoms with van der Waals surface area (Å²) in [5.41, 5.74) is 0.432. The molecule has 33 heavy (non-hydrogen) atoms. The quantitative estimate of drug-likeness (QED) is 0.609. The molecule has 0 aromatic heterocycles. The summed E-state index contributed by atoms with van der Waals surface area (Å²) >= 11 is 12.0. The summed E-state index contributed by atoms with van der Waals surface area (Å²) in [5.74, 6) is -0.115. The van der Waals surface area contributed by atoms with Gasteiger partial charge in [0.2, 0.25) is 0 Å². The third kappa shape index (κ3) is 5.93. The van der Waals surface area contributed by atoms with Crippen LogP contribution in [0.4, 0.5) is 18.9 Å². The van der Waals surface area contributed by atoms with E-state index in [4.69, 9.17) is 27.9 Å². The average Bonchev–Trinajstić information content (AvgIpc) is 2.80. The molecular weight excluding hydrogens is 478 g/mol. The topological polar surface area (TPSA) is 36.0 Å². The molecule has 2 fully saturated rings. The molecule has 0 spiro atoms. The smallest absolute Gasteiger partial charge is 0.373 e. The van der Waals surface area contributed by atoms with Gasteiger partial charge in [0.25, 0.3) is 5.91 Å². The van der Waals surface area contributed by atoms with Gasteiger partial charge >= 0.3 is 6.18 Å². The van der Waals surface area contributed by atoms with Crippen LogP contribution in [0.2, 0.25) is 10.0 Å². The minimum Gasteiger partial charge on any atom is -0.373 e. The van der Waals surface area contributed by atoms with Crippen LogP contribution in [0.1, 0.15) is 15.9 Å². The highest BCUT2D eigenvalue weighted by atomic mass is 35.5. The minimum atomic E-state index is -4.35. The number of hydrogen-bond donors (Lipinski definition) is 0. The summed E-state index contributed by atoms with van der Waals surface area (Å²) in [7, 11) is 0. The molecule has 0 bridgehead atoms. The van der Waals surface area contributed by atoms with Gasteiger partial charge in [0.15, 0.2) is 0 Å². The van der Waals surface area contributed by atoms with Gasteiger partial charge in [-0.15, -0.1) is 0 Å². The van der Waals surface area contributed by atoms with Crippen LogP contribution in [0.25, 0.3) is 0 Å². The second-order valence-corrected chi connectivity index (χ2v) is 9.02. The first kappa shape index (κ1) is 24.1. The molecular formula is C23H24Cl2F3N3O2. The van der Waals surface area contributed by atoms with Crippen molar-refractivity contribution in [2.75, 3.05) is 57.3 Å². The Morgan fingerprint density at radius 1 is 1.00 bits per heavy atom. The van der Waals surface area contributed by atoms with E-state index >= 15 is 0 Å². The van der Waals surface area contributed by atoms with Gasteiger partial charge in [-0.1, -0.05) is 29.3 Å². The van der Waals surface area contributed by atoms with Crippen molar-refractivity contribution in [2.45, 2.75) is 12.3 Å². The molecule has 1 atom stereocenters. The molecule has 2 aromatic carbocycles. The van der Waals surface area contributed by atoms with Gasteiger partial charge in [0.1, 0.15) is 0 Å². The van der Waals surface area contributed by atoms with E-state index in [2.05, 4.69) is 4.90 Å². The number of carbonyl (C=O) groups excluding carboxylic acids is 1. The monoisotopic (exact) mass is 501 g/mol. The number of anilines is 1. The van der Waals surface area contributed by atoms with Gasteiger partial charge in [0.05, 0.1) is 28.3 Å². The van der Waals surface area contributed by atoms with Crippen molar-refractivity contribution in [3.8, 4) is 0 Å². The molecule has 0 saturated carbocycles. The Morgan fingerprint density at radius 3 is 2.45 bits per heavy atom. The van der Waals surface area contributed by atoms with Crippen molar-refractivity contribution >= 4 is 34.8 Å². The van der Waals surface area contributed by atoms with Gasteiger partial charge in [0, 0.05) is 57.1 Å². The first-order valence-corrected chi connectivity index (χ1v) is 11.5. The van der Waals surface area contributed by atoms with E-state index in [1.807, 2.05) is 4.90 Å². The number of benzene rings is 2. The highest BCUT2D eigenvalue weighted by Crippen LogP contribution is 2.32. The third-order valence-electron chi connectivity index (χ3n) is 5.97. The highest BCUT2D eigenvalue weighted by molar-refractivity contribution is 6.42. The zero-order valence-corrected chi connectivity index (χ0v) is 19.3. The fraction of sp³-hybridized carbons (Fsp3) is 0.435. The second kappa shape index (κ2) is 10.1. The Labute approximate surface area is 200 Å².